The Bertz CT molecular complexity index is 1060. The molecule has 0 spiro atoms. The predicted octanol–water partition coefficient (Wildman–Crippen LogP) is 3.71. The molecule has 0 unspecified atom stereocenters. The Balaban J connectivity index is 1.45. The van der Waals surface area contributed by atoms with Crippen molar-refractivity contribution >= 4 is 40.6 Å². The van der Waals surface area contributed by atoms with E-state index in [1.54, 1.807) is 30.3 Å². The number of hydrogen-bond donors (Lipinski definition) is 1. The van der Waals surface area contributed by atoms with E-state index >= 15 is 0 Å². The van der Waals surface area contributed by atoms with Crippen LogP contribution in [0.4, 0.5) is 10.5 Å². The van der Waals surface area contributed by atoms with Gasteiger partial charge < -0.3 is 14.8 Å². The maximum atomic E-state index is 12.6. The van der Waals surface area contributed by atoms with Gasteiger partial charge in [0.15, 0.2) is 11.5 Å². The Hall–Kier alpha value is -3.26. The number of carbonyl (C=O) groups is 3. The van der Waals surface area contributed by atoms with Gasteiger partial charge in [-0.2, -0.15) is 0 Å². The molecule has 1 fully saturated rings. The molecule has 4 rings (SSSR count). The number of benzene rings is 2. The maximum absolute atomic E-state index is 12.6. The highest BCUT2D eigenvalue weighted by molar-refractivity contribution is 8.18. The summed E-state index contributed by atoms with van der Waals surface area (Å²) >= 11 is 0.809. The molecular formula is C21H18N2O5S. The molecule has 1 saturated heterocycles. The highest BCUT2D eigenvalue weighted by Gasteiger charge is 2.36. The lowest BCUT2D eigenvalue weighted by Crippen LogP contribution is -2.36. The summed E-state index contributed by atoms with van der Waals surface area (Å²) in [6.45, 7) is 3.75. The SMILES string of the molecule is Cc1ccc(NC(=O)CN2C(=O)SC(=Cc3ccc4c(c3)OCO4)C2=O)cc1C. The third-order valence-corrected chi connectivity index (χ3v) is 5.57. The minimum absolute atomic E-state index is 0.158. The zero-order chi connectivity index (χ0) is 20.5. The summed E-state index contributed by atoms with van der Waals surface area (Å²) in [5.41, 5.74) is 3.49. The second-order valence-corrected chi connectivity index (χ2v) is 7.72. The van der Waals surface area contributed by atoms with Gasteiger partial charge in [0.25, 0.3) is 11.1 Å². The van der Waals surface area contributed by atoms with E-state index in [-0.39, 0.29) is 18.2 Å². The molecule has 1 N–H and O–H groups in total. The first-order chi connectivity index (χ1) is 13.9. The monoisotopic (exact) mass is 410 g/mol. The minimum atomic E-state index is -0.493. The normalized spacial score (nSPS) is 16.6. The predicted molar refractivity (Wildman–Crippen MR) is 110 cm³/mol. The molecule has 0 bridgehead atoms. The van der Waals surface area contributed by atoms with E-state index in [0.29, 0.717) is 22.7 Å². The number of fused-ring (bicyclic) bond motifs is 1. The molecule has 2 aromatic rings. The van der Waals surface area contributed by atoms with Gasteiger partial charge in [0.05, 0.1) is 4.91 Å². The van der Waals surface area contributed by atoms with E-state index in [9.17, 15) is 14.4 Å². The lowest BCUT2D eigenvalue weighted by molar-refractivity contribution is -0.127. The zero-order valence-corrected chi connectivity index (χ0v) is 16.7. The lowest BCUT2D eigenvalue weighted by Gasteiger charge is -2.13. The van der Waals surface area contributed by atoms with Crippen molar-refractivity contribution in [3.8, 4) is 11.5 Å². The molecular weight excluding hydrogens is 392 g/mol. The second kappa shape index (κ2) is 7.63. The van der Waals surface area contributed by atoms with E-state index < -0.39 is 17.1 Å². The second-order valence-electron chi connectivity index (χ2n) is 6.73. The first-order valence-corrected chi connectivity index (χ1v) is 9.74. The third kappa shape index (κ3) is 3.97. The average Bonchev–Trinajstić information content (AvgIpc) is 3.24. The summed E-state index contributed by atoms with van der Waals surface area (Å²) < 4.78 is 10.6. The van der Waals surface area contributed by atoms with Crippen LogP contribution in [0.2, 0.25) is 0 Å². The fraction of sp³-hybridized carbons (Fsp3) is 0.190. The van der Waals surface area contributed by atoms with Crippen LogP contribution in [0.25, 0.3) is 6.08 Å². The molecule has 8 heteroatoms. The van der Waals surface area contributed by atoms with Gasteiger partial charge in [-0.3, -0.25) is 19.3 Å². The first kappa shape index (κ1) is 19.1. The number of hydrogen-bond acceptors (Lipinski definition) is 6. The smallest absolute Gasteiger partial charge is 0.294 e. The van der Waals surface area contributed by atoms with Crippen molar-refractivity contribution in [1.82, 2.24) is 4.90 Å². The maximum Gasteiger partial charge on any atom is 0.294 e. The van der Waals surface area contributed by atoms with Crippen LogP contribution >= 0.6 is 11.8 Å². The average molecular weight is 410 g/mol. The molecule has 0 saturated carbocycles. The first-order valence-electron chi connectivity index (χ1n) is 8.93. The van der Waals surface area contributed by atoms with Gasteiger partial charge >= 0.3 is 0 Å². The minimum Gasteiger partial charge on any atom is -0.454 e. The summed E-state index contributed by atoms with van der Waals surface area (Å²) in [4.78, 5) is 38.4. The molecule has 0 atom stereocenters. The van der Waals surface area contributed by atoms with Crippen LogP contribution in [-0.2, 0) is 9.59 Å². The van der Waals surface area contributed by atoms with Crippen molar-refractivity contribution in [2.45, 2.75) is 13.8 Å². The summed E-state index contributed by atoms with van der Waals surface area (Å²) in [5, 5.41) is 2.25. The Labute approximate surface area is 171 Å². The molecule has 0 radical (unpaired) electrons. The fourth-order valence-corrected chi connectivity index (χ4v) is 3.79. The molecule has 148 valence electrons. The quantitative estimate of drug-likeness (QED) is 0.774. The van der Waals surface area contributed by atoms with Gasteiger partial charge in [0.1, 0.15) is 6.54 Å². The van der Waals surface area contributed by atoms with Gasteiger partial charge in [-0.15, -0.1) is 0 Å². The van der Waals surface area contributed by atoms with E-state index in [1.807, 2.05) is 26.0 Å². The topological polar surface area (TPSA) is 84.9 Å². The van der Waals surface area contributed by atoms with Crippen LogP contribution in [-0.4, -0.2) is 35.3 Å². The lowest BCUT2D eigenvalue weighted by atomic mass is 10.1. The van der Waals surface area contributed by atoms with Gasteiger partial charge in [0, 0.05) is 5.69 Å². The highest BCUT2D eigenvalue weighted by atomic mass is 32.2. The van der Waals surface area contributed by atoms with Crippen LogP contribution in [0.1, 0.15) is 16.7 Å². The van der Waals surface area contributed by atoms with Crippen LogP contribution in [0.3, 0.4) is 0 Å². The Morgan fingerprint density at radius 2 is 1.90 bits per heavy atom. The van der Waals surface area contributed by atoms with E-state index in [1.165, 1.54) is 0 Å². The Morgan fingerprint density at radius 1 is 1.10 bits per heavy atom. The molecule has 2 aliphatic heterocycles. The summed E-state index contributed by atoms with van der Waals surface area (Å²) in [6.07, 6.45) is 1.61. The van der Waals surface area contributed by atoms with Crippen LogP contribution in [0.15, 0.2) is 41.3 Å². The molecule has 0 aromatic heterocycles. The number of nitrogens with one attached hydrogen (secondary N) is 1. The number of anilines is 1. The largest absolute Gasteiger partial charge is 0.454 e. The Morgan fingerprint density at radius 3 is 2.69 bits per heavy atom. The van der Waals surface area contributed by atoms with E-state index in [4.69, 9.17) is 9.47 Å². The number of ether oxygens (including phenoxy) is 2. The number of carbonyl (C=O) groups excluding carboxylic acids is 3. The van der Waals surface area contributed by atoms with Gasteiger partial charge in [-0.05, 0) is 72.6 Å². The van der Waals surface area contributed by atoms with Crippen LogP contribution < -0.4 is 14.8 Å². The standard InChI is InChI=1S/C21H18N2O5S/c1-12-3-5-15(7-13(12)2)22-19(24)10-23-20(25)18(29-21(23)26)9-14-4-6-16-17(8-14)28-11-27-16/h3-9H,10-11H2,1-2H3,(H,22,24). The Kier molecular flexibility index (Phi) is 5.02. The summed E-state index contributed by atoms with van der Waals surface area (Å²) in [6, 6.07) is 10.8. The number of aryl methyl sites for hydroxylation is 2. The molecule has 2 aliphatic rings. The van der Waals surface area contributed by atoms with Gasteiger partial charge in [-0.25, -0.2) is 0 Å². The van der Waals surface area contributed by atoms with E-state index in [0.717, 1.165) is 27.8 Å². The number of rotatable bonds is 4. The highest BCUT2D eigenvalue weighted by Crippen LogP contribution is 2.36. The van der Waals surface area contributed by atoms with Crippen LogP contribution in [0, 0.1) is 13.8 Å². The molecule has 7 nitrogen and oxygen atoms in total. The van der Waals surface area contributed by atoms with Gasteiger partial charge in [0.2, 0.25) is 12.7 Å². The third-order valence-electron chi connectivity index (χ3n) is 4.66. The van der Waals surface area contributed by atoms with Crippen molar-refractivity contribution in [3.63, 3.8) is 0 Å². The number of thioether (sulfide) groups is 1. The number of amides is 3. The van der Waals surface area contributed by atoms with Crippen LogP contribution in [0.5, 0.6) is 11.5 Å². The fourth-order valence-electron chi connectivity index (χ4n) is 2.95. The van der Waals surface area contributed by atoms with Crippen molar-refractivity contribution in [2.24, 2.45) is 0 Å². The van der Waals surface area contributed by atoms with Crippen molar-refractivity contribution < 1.29 is 23.9 Å². The van der Waals surface area contributed by atoms with Gasteiger partial charge in [-0.1, -0.05) is 12.1 Å². The number of nitrogens with zero attached hydrogens (tertiary/aromatic N) is 1. The molecule has 0 aliphatic carbocycles. The van der Waals surface area contributed by atoms with Crippen molar-refractivity contribution in [1.29, 1.82) is 0 Å². The summed E-state index contributed by atoms with van der Waals surface area (Å²) in [5.74, 6) is 0.303. The molecule has 29 heavy (non-hydrogen) atoms. The molecule has 3 amide bonds. The molecule has 2 aromatic carbocycles. The molecule has 2 heterocycles. The van der Waals surface area contributed by atoms with Crippen molar-refractivity contribution in [3.05, 3.63) is 58.0 Å². The van der Waals surface area contributed by atoms with E-state index in [2.05, 4.69) is 5.32 Å². The van der Waals surface area contributed by atoms with Crippen molar-refractivity contribution in [2.75, 3.05) is 18.7 Å². The summed E-state index contributed by atoms with van der Waals surface area (Å²) in [7, 11) is 0. The number of imide groups is 1. The zero-order valence-electron chi connectivity index (χ0n) is 15.9.